The van der Waals surface area contributed by atoms with Crippen LogP contribution in [0.4, 0.5) is 5.13 Å². The predicted octanol–water partition coefficient (Wildman–Crippen LogP) is 2.85. The van der Waals surface area contributed by atoms with Crippen LogP contribution in [0.15, 0.2) is 6.20 Å². The molecule has 1 atom stereocenters. The van der Waals surface area contributed by atoms with Gasteiger partial charge in [0.1, 0.15) is 6.04 Å². The molecule has 0 spiro atoms. The van der Waals surface area contributed by atoms with Crippen molar-refractivity contribution in [2.75, 3.05) is 11.9 Å². The maximum atomic E-state index is 12.5. The van der Waals surface area contributed by atoms with Crippen LogP contribution in [0.3, 0.4) is 0 Å². The molecule has 0 aromatic carbocycles. The third-order valence-electron chi connectivity index (χ3n) is 3.67. The maximum Gasteiger partial charge on any atom is 0.249 e. The fourth-order valence-electron chi connectivity index (χ4n) is 2.56. The summed E-state index contributed by atoms with van der Waals surface area (Å²) in [5.41, 5.74) is 0. The number of amides is 2. The van der Waals surface area contributed by atoms with Crippen LogP contribution in [0, 0.1) is 5.92 Å². The number of likely N-dealkylation sites (tertiary alicyclic amines) is 1. The quantitative estimate of drug-likeness (QED) is 0.909. The van der Waals surface area contributed by atoms with Crippen LogP contribution in [0.5, 0.6) is 0 Å². The molecule has 2 amide bonds. The van der Waals surface area contributed by atoms with Crippen molar-refractivity contribution >= 4 is 28.3 Å². The highest BCUT2D eigenvalue weighted by Gasteiger charge is 2.35. The average Bonchev–Trinajstić information content (AvgIpc) is 2.99. The Bertz CT molecular complexity index is 525. The number of nitrogens with zero attached hydrogens (tertiary/aromatic N) is 2. The second-order valence-corrected chi connectivity index (χ2v) is 7.15. The zero-order valence-electron chi connectivity index (χ0n) is 13.0. The fourth-order valence-corrected chi connectivity index (χ4v) is 3.38. The van der Waals surface area contributed by atoms with Crippen molar-refractivity contribution in [3.05, 3.63) is 11.1 Å². The van der Waals surface area contributed by atoms with Crippen molar-refractivity contribution in [1.29, 1.82) is 0 Å². The lowest BCUT2D eigenvalue weighted by Gasteiger charge is -2.29. The van der Waals surface area contributed by atoms with Gasteiger partial charge in [-0.15, -0.1) is 11.3 Å². The lowest BCUT2D eigenvalue weighted by molar-refractivity contribution is -0.136. The minimum atomic E-state index is -0.411. The zero-order chi connectivity index (χ0) is 15.6. The summed E-state index contributed by atoms with van der Waals surface area (Å²) in [5.74, 6) is 0.418. The Kier molecular flexibility index (Phi) is 4.98. The Morgan fingerprint density at radius 1 is 1.38 bits per heavy atom. The van der Waals surface area contributed by atoms with Gasteiger partial charge >= 0.3 is 0 Å². The monoisotopic (exact) mass is 309 g/mol. The molecule has 0 aliphatic carbocycles. The molecule has 1 aromatic rings. The van der Waals surface area contributed by atoms with Gasteiger partial charge in [-0.2, -0.15) is 0 Å². The van der Waals surface area contributed by atoms with E-state index in [-0.39, 0.29) is 17.7 Å². The summed E-state index contributed by atoms with van der Waals surface area (Å²) in [6.07, 6.45) is 3.19. The van der Waals surface area contributed by atoms with E-state index in [1.165, 1.54) is 11.3 Å². The highest BCUT2D eigenvalue weighted by Crippen LogP contribution is 2.26. The zero-order valence-corrected chi connectivity index (χ0v) is 13.9. The molecule has 1 fully saturated rings. The van der Waals surface area contributed by atoms with Gasteiger partial charge in [-0.05, 0) is 18.3 Å². The van der Waals surface area contributed by atoms with E-state index >= 15 is 0 Å². The number of hydrogen-bond donors (Lipinski definition) is 1. The first kappa shape index (κ1) is 15.9. The number of carbonyl (C=O) groups is 2. The SMILES string of the molecule is CC(C)c1cnc(NC(=O)[C@H](C(C)C)N2CCCC2=O)s1. The van der Waals surface area contributed by atoms with Gasteiger partial charge in [-0.1, -0.05) is 27.7 Å². The number of rotatable bonds is 5. The van der Waals surface area contributed by atoms with E-state index in [1.54, 1.807) is 11.1 Å². The normalized spacial score (nSPS) is 16.9. The van der Waals surface area contributed by atoms with Gasteiger partial charge in [0.25, 0.3) is 0 Å². The van der Waals surface area contributed by atoms with Crippen LogP contribution in [-0.4, -0.2) is 34.3 Å². The van der Waals surface area contributed by atoms with Crippen molar-refractivity contribution in [1.82, 2.24) is 9.88 Å². The number of hydrogen-bond acceptors (Lipinski definition) is 4. The molecule has 2 rings (SSSR count). The minimum absolute atomic E-state index is 0.0749. The molecule has 0 unspecified atom stereocenters. The van der Waals surface area contributed by atoms with Crippen LogP contribution in [-0.2, 0) is 9.59 Å². The summed E-state index contributed by atoms with van der Waals surface area (Å²) in [5, 5.41) is 3.48. The van der Waals surface area contributed by atoms with E-state index in [0.717, 1.165) is 11.3 Å². The molecule has 6 heteroatoms. The van der Waals surface area contributed by atoms with Gasteiger partial charge in [-0.25, -0.2) is 4.98 Å². The van der Waals surface area contributed by atoms with Gasteiger partial charge in [0.15, 0.2) is 5.13 Å². The van der Waals surface area contributed by atoms with Crippen molar-refractivity contribution < 1.29 is 9.59 Å². The Labute approximate surface area is 129 Å². The Morgan fingerprint density at radius 2 is 2.10 bits per heavy atom. The van der Waals surface area contributed by atoms with Crippen molar-refractivity contribution in [3.63, 3.8) is 0 Å². The molecule has 0 saturated carbocycles. The first-order valence-electron chi connectivity index (χ1n) is 7.46. The number of aromatic nitrogens is 1. The lowest BCUT2D eigenvalue weighted by Crippen LogP contribution is -2.47. The van der Waals surface area contributed by atoms with Crippen LogP contribution in [0.2, 0.25) is 0 Å². The first-order chi connectivity index (χ1) is 9.90. The summed E-state index contributed by atoms with van der Waals surface area (Å²) < 4.78 is 0. The second-order valence-electron chi connectivity index (χ2n) is 6.09. The van der Waals surface area contributed by atoms with Crippen molar-refractivity contribution in [2.45, 2.75) is 52.5 Å². The van der Waals surface area contributed by atoms with E-state index in [0.29, 0.717) is 24.0 Å². The summed E-state index contributed by atoms with van der Waals surface area (Å²) in [6, 6.07) is -0.411. The van der Waals surface area contributed by atoms with Gasteiger partial charge in [0.05, 0.1) is 0 Å². The number of carbonyl (C=O) groups excluding carboxylic acids is 2. The van der Waals surface area contributed by atoms with Crippen LogP contribution in [0.25, 0.3) is 0 Å². The molecule has 1 saturated heterocycles. The summed E-state index contributed by atoms with van der Waals surface area (Å²) in [4.78, 5) is 31.5. The van der Waals surface area contributed by atoms with E-state index in [1.807, 2.05) is 13.8 Å². The molecular formula is C15H23N3O2S. The predicted molar refractivity (Wildman–Crippen MR) is 84.4 cm³/mol. The number of nitrogens with one attached hydrogen (secondary N) is 1. The molecule has 1 aromatic heterocycles. The van der Waals surface area contributed by atoms with E-state index in [4.69, 9.17) is 0 Å². The fraction of sp³-hybridized carbons (Fsp3) is 0.667. The van der Waals surface area contributed by atoms with E-state index in [9.17, 15) is 9.59 Å². The second kappa shape index (κ2) is 6.56. The average molecular weight is 309 g/mol. The van der Waals surface area contributed by atoms with Crippen molar-refractivity contribution in [2.24, 2.45) is 5.92 Å². The molecule has 2 heterocycles. The minimum Gasteiger partial charge on any atom is -0.330 e. The van der Waals surface area contributed by atoms with Crippen LogP contribution in [0.1, 0.15) is 51.3 Å². The molecule has 1 aliphatic heterocycles. The van der Waals surface area contributed by atoms with Gasteiger partial charge in [0, 0.05) is 24.0 Å². The lowest BCUT2D eigenvalue weighted by atomic mass is 10.0. The van der Waals surface area contributed by atoms with Gasteiger partial charge < -0.3 is 10.2 Å². The number of anilines is 1. The molecule has 21 heavy (non-hydrogen) atoms. The summed E-state index contributed by atoms with van der Waals surface area (Å²) in [6.45, 7) is 8.80. The van der Waals surface area contributed by atoms with Gasteiger partial charge in [-0.3, -0.25) is 9.59 Å². The first-order valence-corrected chi connectivity index (χ1v) is 8.28. The molecule has 1 aliphatic rings. The smallest absolute Gasteiger partial charge is 0.249 e. The maximum absolute atomic E-state index is 12.5. The molecule has 116 valence electrons. The third-order valence-corrected chi connectivity index (χ3v) is 4.88. The Morgan fingerprint density at radius 3 is 2.57 bits per heavy atom. The molecule has 0 bridgehead atoms. The summed E-state index contributed by atoms with van der Waals surface area (Å²) >= 11 is 1.50. The highest BCUT2D eigenvalue weighted by atomic mass is 32.1. The molecule has 5 nitrogen and oxygen atoms in total. The largest absolute Gasteiger partial charge is 0.330 e. The van der Waals surface area contributed by atoms with Crippen molar-refractivity contribution in [3.8, 4) is 0 Å². The topological polar surface area (TPSA) is 62.3 Å². The Balaban J connectivity index is 2.09. The van der Waals surface area contributed by atoms with Crippen LogP contribution >= 0.6 is 11.3 Å². The third kappa shape index (κ3) is 3.61. The summed E-state index contributed by atoms with van der Waals surface area (Å²) in [7, 11) is 0. The molecular weight excluding hydrogens is 286 g/mol. The number of thiazole rings is 1. The van der Waals surface area contributed by atoms with E-state index in [2.05, 4.69) is 24.1 Å². The van der Waals surface area contributed by atoms with E-state index < -0.39 is 6.04 Å². The standard InChI is InChI=1S/C15H23N3O2S/c1-9(2)11-8-16-15(21-11)17-14(20)13(10(3)4)18-7-5-6-12(18)19/h8-10,13H,5-7H2,1-4H3,(H,16,17,20)/t13-/m0/s1. The van der Waals surface area contributed by atoms with Gasteiger partial charge in [0.2, 0.25) is 11.8 Å². The Hall–Kier alpha value is -1.43. The molecule has 1 N–H and O–H groups in total. The van der Waals surface area contributed by atoms with Crippen LogP contribution < -0.4 is 5.32 Å². The molecule has 0 radical (unpaired) electrons. The highest BCUT2D eigenvalue weighted by molar-refractivity contribution is 7.15.